The average molecular weight is 637 g/mol. The molecule has 0 amide bonds. The van der Waals surface area contributed by atoms with Gasteiger partial charge in [-0.3, -0.25) is 18.5 Å². The van der Waals surface area contributed by atoms with Crippen molar-refractivity contribution in [2.45, 2.75) is 109 Å². The first kappa shape index (κ1) is 34.0. The van der Waals surface area contributed by atoms with Crippen LogP contribution in [-0.4, -0.2) is 43.2 Å². The number of carbonyl (C=O) groups excluding carboxylic acids is 1. The van der Waals surface area contributed by atoms with Crippen LogP contribution in [0.2, 0.25) is 0 Å². The van der Waals surface area contributed by atoms with E-state index in [0.29, 0.717) is 23.0 Å². The molecule has 3 rings (SSSR count). The smallest absolute Gasteiger partial charge is 0.329 e. The van der Waals surface area contributed by atoms with Gasteiger partial charge in [-0.2, -0.15) is 16.8 Å². The van der Waals surface area contributed by atoms with Crippen molar-refractivity contribution in [3.05, 3.63) is 23.3 Å². The Balaban J connectivity index is 2.05. The third-order valence-electron chi connectivity index (χ3n) is 8.59. The zero-order valence-electron chi connectivity index (χ0n) is 24.3. The molecular formula is C28H45O10PS2. The van der Waals surface area contributed by atoms with Gasteiger partial charge in [0.2, 0.25) is 0 Å². The van der Waals surface area contributed by atoms with E-state index in [1.807, 2.05) is 13.8 Å². The highest BCUT2D eigenvalue weighted by molar-refractivity contribution is 7.91. The van der Waals surface area contributed by atoms with Gasteiger partial charge in [0.15, 0.2) is 11.2 Å². The molecule has 0 heterocycles. The van der Waals surface area contributed by atoms with Gasteiger partial charge in [-0.1, -0.05) is 65.7 Å². The number of carbonyl (C=O) groups is 1. The summed E-state index contributed by atoms with van der Waals surface area (Å²) in [5.41, 5.74) is -0.405. The largest absolute Gasteiger partial charge is 0.443 e. The van der Waals surface area contributed by atoms with Crippen molar-refractivity contribution in [3.8, 4) is 11.5 Å². The van der Waals surface area contributed by atoms with Crippen molar-refractivity contribution in [3.63, 3.8) is 0 Å². The second-order valence-electron chi connectivity index (χ2n) is 12.3. The van der Waals surface area contributed by atoms with Crippen molar-refractivity contribution in [1.29, 1.82) is 0 Å². The van der Waals surface area contributed by atoms with Gasteiger partial charge in [-0.05, 0) is 73.0 Å². The van der Waals surface area contributed by atoms with Gasteiger partial charge in [0, 0.05) is 5.56 Å². The lowest BCUT2D eigenvalue weighted by Gasteiger charge is -2.37. The molecule has 1 aromatic carbocycles. The summed E-state index contributed by atoms with van der Waals surface area (Å²) in [5, 5.41) is 0. The van der Waals surface area contributed by atoms with E-state index in [2.05, 4.69) is 6.92 Å². The third kappa shape index (κ3) is 10.6. The van der Waals surface area contributed by atoms with E-state index in [0.717, 1.165) is 44.9 Å². The first-order valence-electron chi connectivity index (χ1n) is 14.6. The number of rotatable bonds is 13. The van der Waals surface area contributed by atoms with Crippen molar-refractivity contribution in [1.82, 2.24) is 0 Å². The van der Waals surface area contributed by atoms with Crippen LogP contribution in [0.3, 0.4) is 0 Å². The summed E-state index contributed by atoms with van der Waals surface area (Å²) >= 11 is 0. The van der Waals surface area contributed by atoms with Crippen molar-refractivity contribution in [2.75, 3.05) is 11.2 Å². The molecule has 0 bridgehead atoms. The lowest BCUT2D eigenvalue weighted by atomic mass is 9.69. The second-order valence-corrected chi connectivity index (χ2v) is 17.0. The SMILES string of the molecule is CCCCC(C)(C)c1cc(OC(=O)CS(=O)(=O)O)c(C2CCC(C3CCCCC3)CC2)c(O[PH](=O)CS(=O)(=O)O)c1. The van der Waals surface area contributed by atoms with E-state index in [9.17, 15) is 35.3 Å². The van der Waals surface area contributed by atoms with Gasteiger partial charge >= 0.3 is 5.97 Å². The number of hydrogen-bond donors (Lipinski definition) is 2. The molecule has 234 valence electrons. The van der Waals surface area contributed by atoms with Crippen molar-refractivity contribution >= 4 is 34.2 Å². The first-order valence-corrected chi connectivity index (χ1v) is 19.3. The Morgan fingerprint density at radius 1 is 0.927 bits per heavy atom. The van der Waals surface area contributed by atoms with Gasteiger partial charge in [-0.15, -0.1) is 0 Å². The van der Waals surface area contributed by atoms with Crippen LogP contribution in [0.5, 0.6) is 11.5 Å². The fraction of sp³-hybridized carbons (Fsp3) is 0.750. The van der Waals surface area contributed by atoms with E-state index in [1.54, 1.807) is 12.1 Å². The van der Waals surface area contributed by atoms with Crippen LogP contribution in [0, 0.1) is 11.8 Å². The summed E-state index contributed by atoms with van der Waals surface area (Å²) in [7, 11) is -12.5. The molecule has 1 unspecified atom stereocenters. The molecule has 2 saturated carbocycles. The molecule has 13 heteroatoms. The summed E-state index contributed by atoms with van der Waals surface area (Å²) in [6.45, 7) is 6.03. The fourth-order valence-electron chi connectivity index (χ4n) is 6.41. The molecule has 2 fully saturated rings. The monoisotopic (exact) mass is 636 g/mol. The summed E-state index contributed by atoms with van der Waals surface area (Å²) in [6, 6.07) is 3.37. The molecule has 1 aromatic rings. The average Bonchev–Trinajstić information content (AvgIpc) is 2.86. The van der Waals surface area contributed by atoms with Crippen LogP contribution in [-0.2, 0) is 35.0 Å². The van der Waals surface area contributed by atoms with Crippen molar-refractivity contribution in [2.24, 2.45) is 11.8 Å². The van der Waals surface area contributed by atoms with Gasteiger partial charge in [-0.25, -0.2) is 0 Å². The Morgan fingerprint density at radius 3 is 2.07 bits per heavy atom. The van der Waals surface area contributed by atoms with Crippen LogP contribution in [0.1, 0.15) is 115 Å². The highest BCUT2D eigenvalue weighted by Crippen LogP contribution is 2.50. The quantitative estimate of drug-likeness (QED) is 0.106. The molecule has 2 aliphatic carbocycles. The minimum Gasteiger partial charge on any atom is -0.443 e. The molecule has 0 radical (unpaired) electrons. The highest BCUT2D eigenvalue weighted by Gasteiger charge is 2.34. The molecule has 0 saturated heterocycles. The summed E-state index contributed by atoms with van der Waals surface area (Å²) in [5.74, 6) is -1.17. The zero-order chi connectivity index (χ0) is 30.4. The number of unbranched alkanes of at least 4 members (excludes halogenated alkanes) is 1. The Kier molecular flexibility index (Phi) is 11.9. The molecule has 2 aliphatic rings. The standard InChI is InChI=1S/C28H45O10PS2/c1-4-5-15-28(2,3)23-16-24(37-26(29)18-40(31,32)33)27(25(17-23)38-39(30)19-41(34,35)36)22-13-11-21(12-14-22)20-9-7-6-8-10-20/h16-17,20-22,39H,4-15,18-19H2,1-3H3,(H,31,32,33)(H,34,35,36). The topological polar surface area (TPSA) is 161 Å². The first-order chi connectivity index (χ1) is 19.1. The maximum absolute atomic E-state index is 12.8. The maximum atomic E-state index is 12.8. The molecule has 41 heavy (non-hydrogen) atoms. The summed E-state index contributed by atoms with van der Waals surface area (Å²) in [4.78, 5) is 12.6. The van der Waals surface area contributed by atoms with Crippen LogP contribution in [0.25, 0.3) is 0 Å². The molecule has 0 aromatic heterocycles. The Labute approximate surface area is 245 Å². The molecular weight excluding hydrogens is 591 g/mol. The normalized spacial score (nSPS) is 21.8. The van der Waals surface area contributed by atoms with E-state index in [4.69, 9.17) is 9.26 Å². The fourth-order valence-corrected chi connectivity index (χ4v) is 8.61. The van der Waals surface area contributed by atoms with Crippen molar-refractivity contribution < 1.29 is 44.6 Å². The molecule has 0 spiro atoms. The Morgan fingerprint density at radius 2 is 1.51 bits per heavy atom. The number of ether oxygens (including phenoxy) is 1. The van der Waals surface area contributed by atoms with Crippen LogP contribution >= 0.6 is 8.03 Å². The van der Waals surface area contributed by atoms with E-state index in [-0.39, 0.29) is 17.4 Å². The lowest BCUT2D eigenvalue weighted by Crippen LogP contribution is -2.25. The lowest BCUT2D eigenvalue weighted by molar-refractivity contribution is -0.131. The number of esters is 1. The summed E-state index contributed by atoms with van der Waals surface area (Å²) < 4.78 is 88.3. The van der Waals surface area contributed by atoms with Gasteiger partial charge in [0.25, 0.3) is 28.3 Å². The third-order valence-corrected chi connectivity index (χ3v) is 12.0. The summed E-state index contributed by atoms with van der Waals surface area (Å²) in [6.07, 6.45) is 12.2. The van der Waals surface area contributed by atoms with Gasteiger partial charge in [0.05, 0.1) is 0 Å². The predicted octanol–water partition coefficient (Wildman–Crippen LogP) is 6.50. The zero-order valence-corrected chi connectivity index (χ0v) is 26.9. The molecule has 10 nitrogen and oxygen atoms in total. The maximum Gasteiger partial charge on any atom is 0.329 e. The Hall–Kier alpha value is -1.46. The number of hydrogen-bond acceptors (Lipinski definition) is 8. The molecule has 2 N–H and O–H groups in total. The highest BCUT2D eigenvalue weighted by atomic mass is 32.2. The molecule has 0 aliphatic heterocycles. The van der Waals surface area contributed by atoms with Gasteiger partial charge in [0.1, 0.15) is 11.5 Å². The predicted molar refractivity (Wildman–Crippen MR) is 158 cm³/mol. The van der Waals surface area contributed by atoms with Crippen LogP contribution in [0.15, 0.2) is 12.1 Å². The van der Waals surface area contributed by atoms with Crippen LogP contribution < -0.4 is 9.26 Å². The van der Waals surface area contributed by atoms with E-state index in [1.165, 1.54) is 32.1 Å². The minimum absolute atomic E-state index is 0.0542. The van der Waals surface area contributed by atoms with E-state index < -0.39 is 50.9 Å². The van der Waals surface area contributed by atoms with E-state index >= 15 is 0 Å². The molecule has 1 atom stereocenters. The van der Waals surface area contributed by atoms with Gasteiger partial charge < -0.3 is 9.26 Å². The van der Waals surface area contributed by atoms with Crippen LogP contribution in [0.4, 0.5) is 0 Å². The Bertz CT molecular complexity index is 1220. The minimum atomic E-state index is -4.65. The number of benzene rings is 1. The second kappa shape index (κ2) is 14.3.